The highest BCUT2D eigenvalue weighted by atomic mass is 16.8. The zero-order valence-electron chi connectivity index (χ0n) is 6.21. The highest BCUT2D eigenvalue weighted by Crippen LogP contribution is 2.04. The number of hydrogen-bond acceptors (Lipinski definition) is 5. The molecular weight excluding hydrogens is 148 g/mol. The molecule has 5 heteroatoms. The topological polar surface area (TPSA) is 51.8 Å². The summed E-state index contributed by atoms with van der Waals surface area (Å²) < 4.78 is 15.6. The molecule has 0 aromatic rings. The summed E-state index contributed by atoms with van der Waals surface area (Å²) in [6.07, 6.45) is -0.601. The fourth-order valence-electron chi connectivity index (χ4n) is 1.09. The van der Waals surface area contributed by atoms with Gasteiger partial charge in [-0.15, -0.1) is 0 Å². The molecule has 5 nitrogen and oxygen atoms in total. The maximum Gasteiger partial charge on any atom is 0.219 e. The molecule has 0 saturated carbocycles. The second-order valence-corrected chi connectivity index (χ2v) is 2.45. The Hall–Kier alpha value is -0.200. The van der Waals surface area contributed by atoms with Crippen molar-refractivity contribution in [3.63, 3.8) is 0 Å². The number of nitrogens with one attached hydrogen (secondary N) is 2. The maximum atomic E-state index is 5.31. The summed E-state index contributed by atoms with van der Waals surface area (Å²) in [6, 6.07) is 0. The van der Waals surface area contributed by atoms with Gasteiger partial charge in [0.2, 0.25) is 12.8 Å². The summed E-state index contributed by atoms with van der Waals surface area (Å²) in [5.74, 6) is 0. The lowest BCUT2D eigenvalue weighted by Gasteiger charge is -2.15. The van der Waals surface area contributed by atoms with E-state index in [1.165, 1.54) is 0 Å². The second-order valence-electron chi connectivity index (χ2n) is 2.45. The molecule has 11 heavy (non-hydrogen) atoms. The Labute approximate surface area is 65.0 Å². The summed E-state index contributed by atoms with van der Waals surface area (Å²) in [6.45, 7) is 3.10. The monoisotopic (exact) mass is 160 g/mol. The fraction of sp³-hybridized carbons (Fsp3) is 1.00. The van der Waals surface area contributed by atoms with E-state index in [1.807, 2.05) is 0 Å². The van der Waals surface area contributed by atoms with Crippen LogP contribution < -0.4 is 10.6 Å². The lowest BCUT2D eigenvalue weighted by molar-refractivity contribution is -0.228. The fourth-order valence-corrected chi connectivity index (χ4v) is 1.09. The van der Waals surface area contributed by atoms with E-state index in [0.717, 1.165) is 13.1 Å². The lowest BCUT2D eigenvalue weighted by atomic mass is 10.7. The van der Waals surface area contributed by atoms with Crippen molar-refractivity contribution < 1.29 is 14.2 Å². The van der Waals surface area contributed by atoms with Crippen molar-refractivity contribution in [2.45, 2.75) is 12.8 Å². The van der Waals surface area contributed by atoms with Crippen LogP contribution in [0.25, 0.3) is 0 Å². The van der Waals surface area contributed by atoms with E-state index in [0.29, 0.717) is 13.2 Å². The van der Waals surface area contributed by atoms with E-state index in [-0.39, 0.29) is 12.8 Å². The minimum atomic E-state index is -0.300. The first-order valence-corrected chi connectivity index (χ1v) is 3.80. The molecule has 64 valence electrons. The van der Waals surface area contributed by atoms with Gasteiger partial charge < -0.3 is 9.47 Å². The van der Waals surface area contributed by atoms with Crippen LogP contribution in [-0.2, 0) is 14.2 Å². The molecule has 2 heterocycles. The Morgan fingerprint density at radius 2 is 1.55 bits per heavy atom. The molecule has 2 unspecified atom stereocenters. The van der Waals surface area contributed by atoms with Gasteiger partial charge in [0.05, 0.1) is 13.2 Å². The molecule has 0 spiro atoms. The first-order chi connectivity index (χ1) is 5.45. The van der Waals surface area contributed by atoms with E-state index in [1.54, 1.807) is 0 Å². The van der Waals surface area contributed by atoms with Gasteiger partial charge in [-0.3, -0.25) is 15.4 Å². The standard InChI is InChI=1S/C6H12N2O3/c1-3-9-5(7-1)11-6-8-2-4-10-6/h5-8H,1-4H2. The van der Waals surface area contributed by atoms with Crippen LogP contribution in [0.4, 0.5) is 0 Å². The van der Waals surface area contributed by atoms with E-state index < -0.39 is 0 Å². The van der Waals surface area contributed by atoms with Crippen molar-refractivity contribution >= 4 is 0 Å². The van der Waals surface area contributed by atoms with Crippen LogP contribution in [-0.4, -0.2) is 39.1 Å². The molecule has 0 bridgehead atoms. The van der Waals surface area contributed by atoms with Crippen molar-refractivity contribution in [3.8, 4) is 0 Å². The van der Waals surface area contributed by atoms with Crippen molar-refractivity contribution in [1.82, 2.24) is 10.6 Å². The largest absolute Gasteiger partial charge is 0.338 e. The Balaban J connectivity index is 1.71. The molecule has 0 aromatic heterocycles. The van der Waals surface area contributed by atoms with E-state index in [4.69, 9.17) is 14.2 Å². The predicted octanol–water partition coefficient (Wildman–Crippen LogP) is -1.19. The van der Waals surface area contributed by atoms with Crippen LogP contribution in [0.2, 0.25) is 0 Å². The van der Waals surface area contributed by atoms with E-state index in [2.05, 4.69) is 10.6 Å². The molecule has 0 amide bonds. The number of hydrogen-bond donors (Lipinski definition) is 2. The van der Waals surface area contributed by atoms with Gasteiger partial charge in [0.1, 0.15) is 0 Å². The van der Waals surface area contributed by atoms with Crippen LogP contribution in [0.5, 0.6) is 0 Å². The number of ether oxygens (including phenoxy) is 3. The van der Waals surface area contributed by atoms with Crippen molar-refractivity contribution in [1.29, 1.82) is 0 Å². The smallest absolute Gasteiger partial charge is 0.219 e. The van der Waals surface area contributed by atoms with Gasteiger partial charge in [-0.25, -0.2) is 0 Å². The minimum absolute atomic E-state index is 0.300. The molecule has 0 radical (unpaired) electrons. The third kappa shape index (κ3) is 1.88. The molecule has 2 atom stereocenters. The Morgan fingerprint density at radius 1 is 1.00 bits per heavy atom. The minimum Gasteiger partial charge on any atom is -0.338 e. The third-order valence-corrected chi connectivity index (χ3v) is 1.61. The van der Waals surface area contributed by atoms with Crippen molar-refractivity contribution in [2.24, 2.45) is 0 Å². The molecule has 2 aliphatic heterocycles. The molecule has 0 aromatic carbocycles. The summed E-state index contributed by atoms with van der Waals surface area (Å²) in [5.41, 5.74) is 0. The molecule has 2 fully saturated rings. The van der Waals surface area contributed by atoms with Crippen LogP contribution >= 0.6 is 0 Å². The van der Waals surface area contributed by atoms with Crippen molar-refractivity contribution in [3.05, 3.63) is 0 Å². The maximum absolute atomic E-state index is 5.31. The van der Waals surface area contributed by atoms with Crippen LogP contribution in [0.3, 0.4) is 0 Å². The molecule has 2 saturated heterocycles. The van der Waals surface area contributed by atoms with Gasteiger partial charge in [-0.1, -0.05) is 0 Å². The predicted molar refractivity (Wildman–Crippen MR) is 36.6 cm³/mol. The Morgan fingerprint density at radius 3 is 1.91 bits per heavy atom. The quantitative estimate of drug-likeness (QED) is 0.532. The van der Waals surface area contributed by atoms with Gasteiger partial charge in [0.15, 0.2) is 0 Å². The average molecular weight is 160 g/mol. The number of rotatable bonds is 2. The molecule has 2 aliphatic rings. The van der Waals surface area contributed by atoms with Gasteiger partial charge in [-0.2, -0.15) is 0 Å². The average Bonchev–Trinajstić information content (AvgIpc) is 2.60. The normalized spacial score (nSPS) is 38.2. The second kappa shape index (κ2) is 3.46. The zero-order chi connectivity index (χ0) is 7.52. The van der Waals surface area contributed by atoms with Gasteiger partial charge in [0.25, 0.3) is 0 Å². The first-order valence-electron chi connectivity index (χ1n) is 3.80. The highest BCUT2D eigenvalue weighted by molar-refractivity contribution is 4.57. The molecule has 2 rings (SSSR count). The zero-order valence-corrected chi connectivity index (χ0v) is 6.21. The SMILES string of the molecule is C1COC(OC2NCCO2)N1. The first kappa shape index (κ1) is 7.45. The summed E-state index contributed by atoms with van der Waals surface area (Å²) >= 11 is 0. The van der Waals surface area contributed by atoms with Crippen LogP contribution in [0.1, 0.15) is 0 Å². The highest BCUT2D eigenvalue weighted by Gasteiger charge is 2.22. The van der Waals surface area contributed by atoms with Gasteiger partial charge in [0, 0.05) is 13.1 Å². The van der Waals surface area contributed by atoms with Crippen molar-refractivity contribution in [2.75, 3.05) is 26.3 Å². The Kier molecular flexibility index (Phi) is 2.35. The van der Waals surface area contributed by atoms with E-state index in [9.17, 15) is 0 Å². The summed E-state index contributed by atoms with van der Waals surface area (Å²) in [4.78, 5) is 0. The lowest BCUT2D eigenvalue weighted by Crippen LogP contribution is -2.36. The van der Waals surface area contributed by atoms with Crippen LogP contribution in [0, 0.1) is 0 Å². The molecule has 0 aliphatic carbocycles. The van der Waals surface area contributed by atoms with Crippen LogP contribution in [0.15, 0.2) is 0 Å². The van der Waals surface area contributed by atoms with Gasteiger partial charge >= 0.3 is 0 Å². The molecule has 2 N–H and O–H groups in total. The summed E-state index contributed by atoms with van der Waals surface area (Å²) in [7, 11) is 0. The Bertz CT molecular complexity index is 107. The third-order valence-electron chi connectivity index (χ3n) is 1.61. The van der Waals surface area contributed by atoms with Gasteiger partial charge in [-0.05, 0) is 0 Å². The molecular formula is C6H12N2O3. The van der Waals surface area contributed by atoms with E-state index >= 15 is 0 Å². The summed E-state index contributed by atoms with van der Waals surface area (Å²) in [5, 5.41) is 6.04.